The molecule has 13 aromatic rings. The molecule has 0 bridgehead atoms. The van der Waals surface area contributed by atoms with Gasteiger partial charge in [0.25, 0.3) is 0 Å². The predicted molar refractivity (Wildman–Crippen MR) is 314 cm³/mol. The lowest BCUT2D eigenvalue weighted by atomic mass is 9.92. The van der Waals surface area contributed by atoms with Crippen molar-refractivity contribution < 1.29 is 13.2 Å². The van der Waals surface area contributed by atoms with Gasteiger partial charge in [-0.15, -0.1) is 0 Å². The van der Waals surface area contributed by atoms with Crippen LogP contribution in [0.3, 0.4) is 0 Å². The Kier molecular flexibility index (Phi) is 12.3. The van der Waals surface area contributed by atoms with Gasteiger partial charge in [0, 0.05) is 60.5 Å². The van der Waals surface area contributed by atoms with Crippen LogP contribution in [0.5, 0.6) is 0 Å². The highest BCUT2D eigenvalue weighted by molar-refractivity contribution is 6.13. The van der Waals surface area contributed by atoms with Crippen LogP contribution in [-0.4, -0.2) is 24.1 Å². The van der Waals surface area contributed by atoms with Crippen LogP contribution in [0.1, 0.15) is 38.9 Å². The summed E-state index contributed by atoms with van der Waals surface area (Å²) in [5.74, 6) is 0.998. The van der Waals surface area contributed by atoms with Crippen LogP contribution in [0.15, 0.2) is 206 Å². The topological polar surface area (TPSA) is 191 Å². The Morgan fingerprint density at radius 1 is 0.321 bits per heavy atom. The molecule has 0 unspecified atom stereocenters. The van der Waals surface area contributed by atoms with E-state index in [0.717, 1.165) is 22.9 Å². The second kappa shape index (κ2) is 20.3. The molecule has 0 aliphatic carbocycles. The van der Waals surface area contributed by atoms with E-state index in [4.69, 9.17) is 15.0 Å². The third kappa shape index (κ3) is 8.54. The third-order valence-electron chi connectivity index (χ3n) is 15.0. The van der Waals surface area contributed by atoms with Gasteiger partial charge in [-0.1, -0.05) is 109 Å². The van der Waals surface area contributed by atoms with Crippen LogP contribution in [0.2, 0.25) is 0 Å². The molecule has 0 aliphatic heterocycles. The monoisotopic (exact) mass is 1090 g/mol. The number of para-hydroxylation sites is 2. The minimum Gasteiger partial charge on any atom is -0.309 e. The lowest BCUT2D eigenvalue weighted by Crippen LogP contribution is -2.08. The van der Waals surface area contributed by atoms with E-state index in [-0.39, 0.29) is 44.8 Å². The molecule has 14 heteroatoms. The smallest absolute Gasteiger partial charge is 0.309 e. The zero-order chi connectivity index (χ0) is 57.8. The SMILES string of the molecule is N#Cc1cc(C#N)c(-c2ccc3c(c2)c2ccccc2n3-c2ccc(-c3nc(-c4ccccc4)nc(-c4ccccc4)n3)cc2-c2cc(C(F)(F)F)ccc2-n2c3ccccc3c3cc(-c4c(C#N)cc(C#N)cc4C#N)ccc32)c(C#N)c1. The molecule has 0 radical (unpaired) electrons. The maximum absolute atomic E-state index is 15.6. The maximum Gasteiger partial charge on any atom is 0.416 e. The normalized spacial score (nSPS) is 11.2. The Morgan fingerprint density at radius 2 is 0.690 bits per heavy atom. The number of alkyl halides is 3. The molecule has 0 fully saturated rings. The van der Waals surface area contributed by atoms with Crippen molar-refractivity contribution in [3.05, 3.63) is 245 Å². The first-order valence-electron chi connectivity index (χ1n) is 26.1. The highest BCUT2D eigenvalue weighted by atomic mass is 19.4. The summed E-state index contributed by atoms with van der Waals surface area (Å²) in [4.78, 5) is 15.0. The highest BCUT2D eigenvalue weighted by Crippen LogP contribution is 2.46. The minimum absolute atomic E-state index is 0.130. The van der Waals surface area contributed by atoms with Gasteiger partial charge in [-0.25, -0.2) is 15.0 Å². The molecule has 0 saturated heterocycles. The molecule has 0 amide bonds. The first-order valence-corrected chi connectivity index (χ1v) is 26.1. The summed E-state index contributed by atoms with van der Waals surface area (Å²) in [6.07, 6.45) is -4.80. The second-order valence-corrected chi connectivity index (χ2v) is 19.7. The van der Waals surface area contributed by atoms with Crippen molar-refractivity contribution in [1.82, 2.24) is 24.1 Å². The zero-order valence-electron chi connectivity index (χ0n) is 43.7. The number of aromatic nitrogens is 5. The molecule has 10 aromatic carbocycles. The average Bonchev–Trinajstić information content (AvgIpc) is 2.34. The van der Waals surface area contributed by atoms with Gasteiger partial charge in [0.15, 0.2) is 17.5 Å². The highest BCUT2D eigenvalue weighted by Gasteiger charge is 2.33. The molecule has 0 aliphatic rings. The van der Waals surface area contributed by atoms with Crippen molar-refractivity contribution in [2.24, 2.45) is 0 Å². The van der Waals surface area contributed by atoms with Crippen molar-refractivity contribution in [2.45, 2.75) is 6.18 Å². The molecular weight excluding hydrogens is 1050 g/mol. The molecule has 0 N–H and O–H groups in total. The molecule has 84 heavy (non-hydrogen) atoms. The molecular formula is C70H34F3N11. The predicted octanol–water partition coefficient (Wildman–Crippen LogP) is 16.3. The maximum atomic E-state index is 15.6. The zero-order valence-corrected chi connectivity index (χ0v) is 43.7. The lowest BCUT2D eigenvalue weighted by molar-refractivity contribution is -0.137. The molecule has 390 valence electrons. The lowest BCUT2D eigenvalue weighted by Gasteiger charge is -2.21. The number of hydrogen-bond donors (Lipinski definition) is 0. The summed E-state index contributed by atoms with van der Waals surface area (Å²) in [5.41, 5.74) is 7.54. The molecule has 11 nitrogen and oxygen atoms in total. The van der Waals surface area contributed by atoms with Crippen molar-refractivity contribution in [3.8, 4) is 115 Å². The summed E-state index contributed by atoms with van der Waals surface area (Å²) in [7, 11) is 0. The molecule has 3 heterocycles. The van der Waals surface area contributed by atoms with E-state index in [2.05, 4.69) is 24.3 Å². The van der Waals surface area contributed by atoms with Gasteiger partial charge in [-0.3, -0.25) is 0 Å². The summed E-state index contributed by atoms with van der Waals surface area (Å²) < 4.78 is 50.6. The molecule has 0 spiro atoms. The Bertz CT molecular complexity index is 5080. The summed E-state index contributed by atoms with van der Waals surface area (Å²) in [6.45, 7) is 0. The van der Waals surface area contributed by atoms with E-state index in [1.165, 1.54) is 30.3 Å². The molecule has 13 rings (SSSR count). The van der Waals surface area contributed by atoms with E-state index in [1.54, 1.807) is 18.2 Å². The van der Waals surface area contributed by atoms with E-state index < -0.39 is 11.7 Å². The summed E-state index contributed by atoms with van der Waals surface area (Å²) in [5, 5.41) is 63.7. The van der Waals surface area contributed by atoms with Crippen LogP contribution in [-0.2, 0) is 6.18 Å². The number of nitriles is 6. The van der Waals surface area contributed by atoms with E-state index in [0.29, 0.717) is 100 Å². The van der Waals surface area contributed by atoms with Crippen molar-refractivity contribution >= 4 is 43.6 Å². The number of hydrogen-bond acceptors (Lipinski definition) is 9. The van der Waals surface area contributed by atoms with Gasteiger partial charge >= 0.3 is 6.18 Å². The number of fused-ring (bicyclic) bond motifs is 6. The fourth-order valence-electron chi connectivity index (χ4n) is 11.3. The molecule has 0 atom stereocenters. The van der Waals surface area contributed by atoms with Crippen LogP contribution in [0, 0.1) is 68.0 Å². The minimum atomic E-state index is -4.80. The second-order valence-electron chi connectivity index (χ2n) is 19.7. The van der Waals surface area contributed by atoms with Crippen molar-refractivity contribution in [3.63, 3.8) is 0 Å². The number of rotatable bonds is 8. The Labute approximate surface area is 477 Å². The van der Waals surface area contributed by atoms with Crippen molar-refractivity contribution in [2.75, 3.05) is 0 Å². The molecule has 0 saturated carbocycles. The first kappa shape index (κ1) is 51.0. The number of benzene rings is 10. The quantitative estimate of drug-likeness (QED) is 0.142. The summed E-state index contributed by atoms with van der Waals surface area (Å²) in [6, 6.07) is 72.5. The van der Waals surface area contributed by atoms with Crippen molar-refractivity contribution in [1.29, 1.82) is 31.6 Å². The third-order valence-corrected chi connectivity index (χ3v) is 15.0. The van der Waals surface area contributed by atoms with Crippen LogP contribution in [0.4, 0.5) is 13.2 Å². The Balaban J connectivity index is 1.13. The first-order chi connectivity index (χ1) is 41.0. The van der Waals surface area contributed by atoms with Crippen LogP contribution in [0.25, 0.3) is 123 Å². The molecule has 3 aromatic heterocycles. The van der Waals surface area contributed by atoms with Gasteiger partial charge in [0.2, 0.25) is 0 Å². The summed E-state index contributed by atoms with van der Waals surface area (Å²) >= 11 is 0. The van der Waals surface area contributed by atoms with E-state index in [9.17, 15) is 31.6 Å². The fourth-order valence-corrected chi connectivity index (χ4v) is 11.3. The Hall–Kier alpha value is -12.5. The van der Waals surface area contributed by atoms with Crippen LogP contribution < -0.4 is 0 Å². The van der Waals surface area contributed by atoms with Crippen LogP contribution >= 0.6 is 0 Å². The largest absolute Gasteiger partial charge is 0.416 e. The fraction of sp³-hybridized carbons (Fsp3) is 0.0143. The van der Waals surface area contributed by atoms with E-state index >= 15 is 13.2 Å². The Morgan fingerprint density at radius 3 is 1.11 bits per heavy atom. The van der Waals surface area contributed by atoms with Gasteiger partial charge in [0.05, 0.1) is 109 Å². The van der Waals surface area contributed by atoms with Gasteiger partial charge in [-0.05, 0) is 108 Å². The number of nitrogens with zero attached hydrogens (tertiary/aromatic N) is 11. The average molecular weight is 1090 g/mol. The van der Waals surface area contributed by atoms with E-state index in [1.807, 2.05) is 167 Å². The van der Waals surface area contributed by atoms with Gasteiger partial charge in [-0.2, -0.15) is 44.7 Å². The number of halogens is 3. The standard InChI is InChI=1S/C70H34F3N11/c71-70(72,73)52-22-26-64(84-60-18-10-8-16-54(60)56-32-46(20-24-62(56)84)66-50(39-78)29-42(36-75)30-51(66)40-79)58(34-52)57-33-47(69-81-67(43-11-3-1-4-12-43)80-68(82-69)44-13-5-2-6-14-44)21-25-63(57)83-59-17-9-7-15-53(59)55-31-45(19-23-61(55)83)65-48(37-76)27-41(35-74)28-49(65)38-77/h1-34H. The van der Waals surface area contributed by atoms with Gasteiger partial charge in [0.1, 0.15) is 0 Å². The van der Waals surface area contributed by atoms with Gasteiger partial charge < -0.3 is 9.13 Å².